The van der Waals surface area contributed by atoms with Crippen LogP contribution < -0.4 is 5.32 Å². The van der Waals surface area contributed by atoms with Gasteiger partial charge in [0.1, 0.15) is 11.3 Å². The lowest BCUT2D eigenvalue weighted by molar-refractivity contribution is 0.0157. The Kier molecular flexibility index (Phi) is 2.78. The van der Waals surface area contributed by atoms with Gasteiger partial charge in [-0.2, -0.15) is 0 Å². The molecule has 1 unspecified atom stereocenters. The van der Waals surface area contributed by atoms with Gasteiger partial charge < -0.3 is 9.73 Å². The second kappa shape index (κ2) is 3.93. The molecule has 84 valence electrons. The Bertz CT molecular complexity index is 337. The SMILES string of the molecule is CCNC1(C(F)F)CCCc2occc21. The maximum atomic E-state index is 13.2. The Labute approximate surface area is 87.7 Å². The summed E-state index contributed by atoms with van der Waals surface area (Å²) < 4.78 is 31.7. The van der Waals surface area contributed by atoms with E-state index in [-0.39, 0.29) is 0 Å². The highest BCUT2D eigenvalue weighted by atomic mass is 19.3. The average molecular weight is 215 g/mol. The summed E-state index contributed by atoms with van der Waals surface area (Å²) in [5.74, 6) is 0.711. The minimum Gasteiger partial charge on any atom is -0.469 e. The van der Waals surface area contributed by atoms with Gasteiger partial charge in [-0.15, -0.1) is 0 Å². The molecule has 0 amide bonds. The number of alkyl halides is 2. The first kappa shape index (κ1) is 10.6. The van der Waals surface area contributed by atoms with Crippen LogP contribution in [0.4, 0.5) is 8.78 Å². The lowest BCUT2D eigenvalue weighted by atomic mass is 9.80. The molecule has 2 rings (SSSR count). The van der Waals surface area contributed by atoms with Crippen molar-refractivity contribution in [3.63, 3.8) is 0 Å². The van der Waals surface area contributed by atoms with Crippen LogP contribution in [-0.2, 0) is 12.0 Å². The van der Waals surface area contributed by atoms with E-state index in [0.717, 1.165) is 12.8 Å². The molecule has 2 nitrogen and oxygen atoms in total. The zero-order chi connectivity index (χ0) is 10.9. The van der Waals surface area contributed by atoms with E-state index < -0.39 is 12.0 Å². The molecule has 0 saturated carbocycles. The van der Waals surface area contributed by atoms with E-state index in [2.05, 4.69) is 5.32 Å². The minimum atomic E-state index is -2.39. The number of fused-ring (bicyclic) bond motifs is 1. The van der Waals surface area contributed by atoms with Crippen molar-refractivity contribution in [2.45, 2.75) is 38.2 Å². The summed E-state index contributed by atoms with van der Waals surface area (Å²) in [6.07, 6.45) is 1.10. The van der Waals surface area contributed by atoms with Gasteiger partial charge in [-0.25, -0.2) is 8.78 Å². The predicted octanol–water partition coefficient (Wildman–Crippen LogP) is 2.69. The highest BCUT2D eigenvalue weighted by molar-refractivity contribution is 5.30. The van der Waals surface area contributed by atoms with Crippen LogP contribution in [0.15, 0.2) is 16.7 Å². The van der Waals surface area contributed by atoms with Gasteiger partial charge in [0.05, 0.1) is 6.26 Å². The molecule has 0 spiro atoms. The van der Waals surface area contributed by atoms with E-state index in [0.29, 0.717) is 24.3 Å². The third-order valence-corrected chi connectivity index (χ3v) is 3.07. The quantitative estimate of drug-likeness (QED) is 0.838. The number of rotatable bonds is 3. The van der Waals surface area contributed by atoms with Crippen molar-refractivity contribution in [3.05, 3.63) is 23.7 Å². The van der Waals surface area contributed by atoms with Crippen LogP contribution in [0.2, 0.25) is 0 Å². The van der Waals surface area contributed by atoms with Crippen LogP contribution in [0.5, 0.6) is 0 Å². The van der Waals surface area contributed by atoms with E-state index in [4.69, 9.17) is 4.42 Å². The summed E-state index contributed by atoms with van der Waals surface area (Å²) in [6.45, 7) is 2.38. The van der Waals surface area contributed by atoms with Crippen LogP contribution >= 0.6 is 0 Å². The van der Waals surface area contributed by atoms with Crippen molar-refractivity contribution >= 4 is 0 Å². The van der Waals surface area contributed by atoms with Crippen molar-refractivity contribution < 1.29 is 13.2 Å². The zero-order valence-corrected chi connectivity index (χ0v) is 8.72. The summed E-state index contributed by atoms with van der Waals surface area (Å²) in [6, 6.07) is 1.67. The number of hydrogen-bond donors (Lipinski definition) is 1. The van der Waals surface area contributed by atoms with Gasteiger partial charge in [0, 0.05) is 12.0 Å². The summed E-state index contributed by atoms with van der Waals surface area (Å²) in [5.41, 5.74) is -0.541. The molecule has 1 aromatic heterocycles. The molecule has 1 N–H and O–H groups in total. The highest BCUT2D eigenvalue weighted by Crippen LogP contribution is 2.40. The Balaban J connectivity index is 2.42. The Hall–Kier alpha value is -0.900. The highest BCUT2D eigenvalue weighted by Gasteiger charge is 2.45. The molecule has 0 saturated heterocycles. The van der Waals surface area contributed by atoms with Gasteiger partial charge in [0.15, 0.2) is 0 Å². The molecule has 1 aliphatic carbocycles. The fourth-order valence-corrected chi connectivity index (χ4v) is 2.40. The number of hydrogen-bond acceptors (Lipinski definition) is 2. The van der Waals surface area contributed by atoms with Crippen molar-refractivity contribution in [2.24, 2.45) is 0 Å². The van der Waals surface area contributed by atoms with E-state index >= 15 is 0 Å². The van der Waals surface area contributed by atoms with Gasteiger partial charge in [0.25, 0.3) is 6.43 Å². The molecule has 15 heavy (non-hydrogen) atoms. The fraction of sp³-hybridized carbons (Fsp3) is 0.636. The van der Waals surface area contributed by atoms with Crippen molar-refractivity contribution in [3.8, 4) is 0 Å². The lowest BCUT2D eigenvalue weighted by Crippen LogP contribution is -2.50. The lowest BCUT2D eigenvalue weighted by Gasteiger charge is -2.36. The van der Waals surface area contributed by atoms with Gasteiger partial charge in [0.2, 0.25) is 0 Å². The molecular formula is C11H15F2NO. The van der Waals surface area contributed by atoms with Crippen LogP contribution in [0.1, 0.15) is 31.1 Å². The molecule has 1 aliphatic rings. The minimum absolute atomic E-state index is 0.477. The second-order valence-electron chi connectivity index (χ2n) is 3.91. The van der Waals surface area contributed by atoms with Crippen molar-refractivity contribution in [1.82, 2.24) is 5.32 Å². The van der Waals surface area contributed by atoms with E-state index in [1.54, 1.807) is 6.07 Å². The third kappa shape index (κ3) is 1.57. The largest absolute Gasteiger partial charge is 0.469 e. The average Bonchev–Trinajstić information content (AvgIpc) is 2.66. The van der Waals surface area contributed by atoms with Crippen molar-refractivity contribution in [2.75, 3.05) is 6.54 Å². The number of nitrogens with one attached hydrogen (secondary N) is 1. The Morgan fingerprint density at radius 2 is 2.40 bits per heavy atom. The second-order valence-corrected chi connectivity index (χ2v) is 3.91. The van der Waals surface area contributed by atoms with Gasteiger partial charge in [-0.3, -0.25) is 0 Å². The van der Waals surface area contributed by atoms with Crippen LogP contribution in [0.3, 0.4) is 0 Å². The molecule has 1 atom stereocenters. The molecule has 0 aliphatic heterocycles. The molecule has 4 heteroatoms. The van der Waals surface area contributed by atoms with Gasteiger partial charge >= 0.3 is 0 Å². The summed E-state index contributed by atoms with van der Waals surface area (Å²) >= 11 is 0. The van der Waals surface area contributed by atoms with Gasteiger partial charge in [-0.1, -0.05) is 6.92 Å². The molecule has 1 heterocycles. The number of halogens is 2. The maximum absolute atomic E-state index is 13.2. The predicted molar refractivity (Wildman–Crippen MR) is 53.0 cm³/mol. The Morgan fingerprint density at radius 1 is 1.60 bits per heavy atom. The maximum Gasteiger partial charge on any atom is 0.260 e. The molecule has 0 aromatic carbocycles. The standard InChI is InChI=1S/C11H15F2NO/c1-2-14-11(10(12)13)6-3-4-9-8(11)5-7-15-9/h5,7,10,14H,2-4,6H2,1H3. The first-order valence-electron chi connectivity index (χ1n) is 5.30. The first-order chi connectivity index (χ1) is 7.20. The van der Waals surface area contributed by atoms with E-state index in [1.165, 1.54) is 6.26 Å². The smallest absolute Gasteiger partial charge is 0.260 e. The van der Waals surface area contributed by atoms with Crippen LogP contribution in [0.25, 0.3) is 0 Å². The van der Waals surface area contributed by atoms with Crippen LogP contribution in [0, 0.1) is 0 Å². The number of furan rings is 1. The van der Waals surface area contributed by atoms with Crippen LogP contribution in [-0.4, -0.2) is 13.0 Å². The van der Waals surface area contributed by atoms with E-state index in [1.807, 2.05) is 6.92 Å². The molecular weight excluding hydrogens is 200 g/mol. The number of aryl methyl sites for hydroxylation is 1. The normalized spacial score (nSPS) is 25.6. The molecule has 0 bridgehead atoms. The molecule has 0 radical (unpaired) electrons. The monoisotopic (exact) mass is 215 g/mol. The first-order valence-corrected chi connectivity index (χ1v) is 5.30. The third-order valence-electron chi connectivity index (χ3n) is 3.07. The zero-order valence-electron chi connectivity index (χ0n) is 8.72. The topological polar surface area (TPSA) is 25.2 Å². The fourth-order valence-electron chi connectivity index (χ4n) is 2.40. The van der Waals surface area contributed by atoms with Gasteiger partial charge in [-0.05, 0) is 25.5 Å². The molecule has 1 aromatic rings. The summed E-state index contributed by atoms with van der Waals surface area (Å²) in [7, 11) is 0. The summed E-state index contributed by atoms with van der Waals surface area (Å²) in [4.78, 5) is 0. The van der Waals surface area contributed by atoms with Crippen molar-refractivity contribution in [1.29, 1.82) is 0 Å². The van der Waals surface area contributed by atoms with E-state index in [9.17, 15) is 8.78 Å². The Morgan fingerprint density at radius 3 is 3.07 bits per heavy atom. The molecule has 0 fully saturated rings. The summed E-state index contributed by atoms with van der Waals surface area (Å²) in [5, 5.41) is 2.93.